The molecule has 1 amide bonds. The monoisotopic (exact) mass is 486 g/mol. The highest BCUT2D eigenvalue weighted by molar-refractivity contribution is 8.26. The first-order valence-electron chi connectivity index (χ1n) is 11.0. The Bertz CT molecular complexity index is 1210. The number of nitrogens with zero attached hydrogens (tertiary/aromatic N) is 4. The number of pyridine rings is 1. The van der Waals surface area contributed by atoms with E-state index in [1.54, 1.807) is 18.3 Å². The molecule has 2 aromatic heterocycles. The molecular formula is C23H26N4O4S2. The fraction of sp³-hybridized carbons (Fsp3) is 0.435. The Balaban J connectivity index is 1.75. The largest absolute Gasteiger partial charge is 0.481 e. The fourth-order valence-electron chi connectivity index (χ4n) is 4.10. The van der Waals surface area contributed by atoms with E-state index in [0.29, 0.717) is 38.6 Å². The van der Waals surface area contributed by atoms with Gasteiger partial charge in [-0.25, -0.2) is 4.98 Å². The third-order valence-electron chi connectivity index (χ3n) is 6.07. The normalized spacial score (nSPS) is 18.7. The van der Waals surface area contributed by atoms with Crippen LogP contribution in [0.15, 0.2) is 28.0 Å². The number of carbonyl (C=O) groups is 2. The van der Waals surface area contributed by atoms with Gasteiger partial charge >= 0.3 is 5.97 Å². The molecule has 0 aromatic carbocycles. The lowest BCUT2D eigenvalue weighted by atomic mass is 9.99. The van der Waals surface area contributed by atoms with Crippen LogP contribution in [0.4, 0.5) is 5.82 Å². The van der Waals surface area contributed by atoms with Crippen LogP contribution in [0.3, 0.4) is 0 Å². The lowest BCUT2D eigenvalue weighted by Gasteiger charge is -2.32. The second-order valence-corrected chi connectivity index (χ2v) is 10.2. The molecule has 174 valence electrons. The lowest BCUT2D eigenvalue weighted by Crippen LogP contribution is -2.36. The van der Waals surface area contributed by atoms with Crippen molar-refractivity contribution in [2.75, 3.05) is 24.5 Å². The number of aromatic nitrogens is 2. The highest BCUT2D eigenvalue weighted by atomic mass is 32.2. The minimum Gasteiger partial charge on any atom is -0.481 e. The van der Waals surface area contributed by atoms with Gasteiger partial charge in [-0.05, 0) is 49.8 Å². The zero-order chi connectivity index (χ0) is 23.7. The molecule has 4 heterocycles. The van der Waals surface area contributed by atoms with Gasteiger partial charge in [-0.3, -0.25) is 23.7 Å². The van der Waals surface area contributed by atoms with Crippen molar-refractivity contribution >= 4 is 57.7 Å². The molecule has 2 fully saturated rings. The number of carbonyl (C=O) groups excluding carboxylic acids is 1. The molecule has 0 spiro atoms. The molecule has 2 saturated heterocycles. The molecule has 8 nitrogen and oxygen atoms in total. The van der Waals surface area contributed by atoms with E-state index in [2.05, 4.69) is 11.8 Å². The number of aryl methyl sites for hydroxylation is 1. The Morgan fingerprint density at radius 3 is 2.76 bits per heavy atom. The van der Waals surface area contributed by atoms with Gasteiger partial charge in [0.05, 0.1) is 10.5 Å². The van der Waals surface area contributed by atoms with Crippen LogP contribution in [0.5, 0.6) is 0 Å². The summed E-state index contributed by atoms with van der Waals surface area (Å²) in [6, 6.07) is 3.73. The Morgan fingerprint density at radius 1 is 1.33 bits per heavy atom. The van der Waals surface area contributed by atoms with Gasteiger partial charge in [0.15, 0.2) is 0 Å². The highest BCUT2D eigenvalue weighted by Crippen LogP contribution is 2.34. The number of anilines is 1. The summed E-state index contributed by atoms with van der Waals surface area (Å²) in [7, 11) is 0. The molecule has 2 aromatic rings. The average molecular weight is 487 g/mol. The molecule has 0 aliphatic carbocycles. The number of thiocarbonyl (C=S) groups is 1. The van der Waals surface area contributed by atoms with Crippen molar-refractivity contribution < 1.29 is 14.7 Å². The first-order valence-corrected chi connectivity index (χ1v) is 12.2. The molecule has 0 radical (unpaired) electrons. The van der Waals surface area contributed by atoms with Gasteiger partial charge in [-0.1, -0.05) is 37.0 Å². The summed E-state index contributed by atoms with van der Waals surface area (Å²) in [5, 5.41) is 8.87. The summed E-state index contributed by atoms with van der Waals surface area (Å²) in [5.74, 6) is -0.00300. The molecule has 0 saturated carbocycles. The minimum absolute atomic E-state index is 0.0388. The number of amides is 1. The van der Waals surface area contributed by atoms with Crippen LogP contribution in [0.25, 0.3) is 11.7 Å². The second kappa shape index (κ2) is 9.64. The van der Waals surface area contributed by atoms with E-state index in [4.69, 9.17) is 22.3 Å². The molecule has 2 aliphatic heterocycles. The number of piperidine rings is 1. The Morgan fingerprint density at radius 2 is 2.06 bits per heavy atom. The molecule has 0 bridgehead atoms. The first kappa shape index (κ1) is 23.4. The standard InChI is InChI=1S/C23H26N4O4S2/c1-14-7-11-25(12-8-14)20-16(21(30)26-9-3-5-15(2)19(26)24-20)13-17-22(31)27(23(32)33-17)10-4-6-18(28)29/h3,5,9,13-14H,4,6-8,10-12H2,1-2H3,(H,28,29). The zero-order valence-corrected chi connectivity index (χ0v) is 20.2. The van der Waals surface area contributed by atoms with Crippen LogP contribution in [0.1, 0.15) is 43.7 Å². The number of hydrogen-bond donors (Lipinski definition) is 1. The summed E-state index contributed by atoms with van der Waals surface area (Å²) in [5.41, 5.74) is 1.65. The van der Waals surface area contributed by atoms with E-state index in [0.717, 1.165) is 43.3 Å². The summed E-state index contributed by atoms with van der Waals surface area (Å²) in [4.78, 5) is 46.1. The van der Waals surface area contributed by atoms with Crippen LogP contribution in [-0.4, -0.2) is 55.2 Å². The Kier molecular flexibility index (Phi) is 6.85. The van der Waals surface area contributed by atoms with Gasteiger partial charge in [0.25, 0.3) is 11.5 Å². The first-order chi connectivity index (χ1) is 15.8. The van der Waals surface area contributed by atoms with Crippen LogP contribution in [0.2, 0.25) is 0 Å². The van der Waals surface area contributed by atoms with Gasteiger partial charge < -0.3 is 10.0 Å². The van der Waals surface area contributed by atoms with E-state index in [-0.39, 0.29) is 24.4 Å². The summed E-state index contributed by atoms with van der Waals surface area (Å²) in [6.07, 6.45) is 5.59. The zero-order valence-electron chi connectivity index (χ0n) is 18.6. The van der Waals surface area contributed by atoms with E-state index >= 15 is 0 Å². The van der Waals surface area contributed by atoms with E-state index < -0.39 is 5.97 Å². The highest BCUT2D eigenvalue weighted by Gasteiger charge is 2.33. The molecule has 4 rings (SSSR count). The summed E-state index contributed by atoms with van der Waals surface area (Å²) < 4.78 is 1.89. The average Bonchev–Trinajstić information content (AvgIpc) is 3.04. The second-order valence-electron chi connectivity index (χ2n) is 8.54. The van der Waals surface area contributed by atoms with Gasteiger partial charge in [-0.2, -0.15) is 0 Å². The van der Waals surface area contributed by atoms with Crippen molar-refractivity contribution in [3.63, 3.8) is 0 Å². The predicted molar refractivity (Wildman–Crippen MR) is 134 cm³/mol. The Labute approximate surface area is 201 Å². The van der Waals surface area contributed by atoms with Gasteiger partial charge in [0.1, 0.15) is 15.8 Å². The molecular weight excluding hydrogens is 460 g/mol. The summed E-state index contributed by atoms with van der Waals surface area (Å²) >= 11 is 6.49. The molecule has 33 heavy (non-hydrogen) atoms. The fourth-order valence-corrected chi connectivity index (χ4v) is 5.39. The maximum absolute atomic E-state index is 13.5. The third-order valence-corrected chi connectivity index (χ3v) is 7.45. The maximum Gasteiger partial charge on any atom is 0.303 e. The van der Waals surface area contributed by atoms with Crippen molar-refractivity contribution in [2.24, 2.45) is 5.92 Å². The smallest absolute Gasteiger partial charge is 0.303 e. The van der Waals surface area contributed by atoms with E-state index in [9.17, 15) is 14.4 Å². The van der Waals surface area contributed by atoms with Crippen molar-refractivity contribution in [1.29, 1.82) is 0 Å². The van der Waals surface area contributed by atoms with Crippen molar-refractivity contribution in [3.8, 4) is 0 Å². The summed E-state index contributed by atoms with van der Waals surface area (Å²) in [6.45, 7) is 5.98. The predicted octanol–water partition coefficient (Wildman–Crippen LogP) is 3.31. The van der Waals surface area contributed by atoms with Crippen LogP contribution < -0.4 is 10.5 Å². The number of carboxylic acids is 1. The van der Waals surface area contributed by atoms with Gasteiger partial charge in [0.2, 0.25) is 0 Å². The van der Waals surface area contributed by atoms with Crippen molar-refractivity contribution in [2.45, 2.75) is 39.5 Å². The number of hydrogen-bond acceptors (Lipinski definition) is 7. The van der Waals surface area contributed by atoms with Crippen LogP contribution in [0, 0.1) is 12.8 Å². The SMILES string of the molecule is Cc1cccn2c(=O)c(C=C3SC(=S)N(CCCC(=O)O)C3=O)c(N3CCC(C)CC3)nc12. The molecule has 0 atom stereocenters. The lowest BCUT2D eigenvalue weighted by molar-refractivity contribution is -0.137. The Hall–Kier alpha value is -2.72. The quantitative estimate of drug-likeness (QED) is 0.491. The number of fused-ring (bicyclic) bond motifs is 1. The third kappa shape index (κ3) is 4.81. The minimum atomic E-state index is -0.915. The molecule has 2 aliphatic rings. The number of rotatable bonds is 6. The molecule has 1 N–H and O–H groups in total. The number of aliphatic carboxylic acids is 1. The van der Waals surface area contributed by atoms with Crippen molar-refractivity contribution in [3.05, 3.63) is 44.7 Å². The van der Waals surface area contributed by atoms with E-state index in [1.165, 1.54) is 9.30 Å². The number of thioether (sulfide) groups is 1. The topological polar surface area (TPSA) is 95.2 Å². The molecule has 10 heteroatoms. The number of carboxylic acid groups (broad SMARTS) is 1. The van der Waals surface area contributed by atoms with Crippen molar-refractivity contribution in [1.82, 2.24) is 14.3 Å². The van der Waals surface area contributed by atoms with Crippen LogP contribution in [-0.2, 0) is 9.59 Å². The van der Waals surface area contributed by atoms with Gasteiger partial charge in [-0.15, -0.1) is 0 Å². The van der Waals surface area contributed by atoms with Crippen LogP contribution >= 0.6 is 24.0 Å². The van der Waals surface area contributed by atoms with Gasteiger partial charge in [0, 0.05) is 32.3 Å². The molecule has 0 unspecified atom stereocenters. The maximum atomic E-state index is 13.5. The van der Waals surface area contributed by atoms with E-state index in [1.807, 2.05) is 13.0 Å².